The minimum atomic E-state index is 0.634. The fourth-order valence-corrected chi connectivity index (χ4v) is 10.8. The van der Waals surface area contributed by atoms with Crippen LogP contribution < -0.4 is 0 Å². The quantitative estimate of drug-likeness (QED) is 0.168. The number of fused-ring (bicyclic) bond motifs is 7. The lowest BCUT2D eigenvalue weighted by Gasteiger charge is -2.11. The maximum atomic E-state index is 5.25. The van der Waals surface area contributed by atoms with Crippen LogP contribution in [0.1, 0.15) is 0 Å². The van der Waals surface area contributed by atoms with E-state index in [4.69, 9.17) is 19.9 Å². The molecule has 0 radical (unpaired) electrons. The summed E-state index contributed by atoms with van der Waals surface area (Å²) in [6.07, 6.45) is 0. The van der Waals surface area contributed by atoms with Gasteiger partial charge in [0.2, 0.25) is 0 Å². The number of imidazole rings is 1. The van der Waals surface area contributed by atoms with E-state index in [1.165, 1.54) is 30.4 Å². The van der Waals surface area contributed by atoms with Crippen molar-refractivity contribution in [3.8, 4) is 62.4 Å². The molecule has 5 nitrogen and oxygen atoms in total. The standard InChI is InChI=1S/C52H31N5S2/c1-3-14-33(15-4-1)49-54-50(34-30-28-32(29-31-34)36-19-11-20-38-37-18-7-10-26-44(37)58-47(36)38)56-51(55-49)40-22-13-27-45-46(40)39-21-12-23-41(48(39)59-45)52-53-42-24-8-9-25-43(42)57(52)35-16-5-2-6-17-35/h1-31H. The van der Waals surface area contributed by atoms with Crippen molar-refractivity contribution in [1.29, 1.82) is 0 Å². The molecule has 0 saturated heterocycles. The molecule has 0 aliphatic heterocycles. The molecule has 12 aromatic rings. The number of thiophene rings is 2. The molecule has 0 aliphatic rings. The van der Waals surface area contributed by atoms with Gasteiger partial charge in [-0.2, -0.15) is 0 Å². The summed E-state index contributed by atoms with van der Waals surface area (Å²) in [5.41, 5.74) is 9.42. The van der Waals surface area contributed by atoms with Crippen molar-refractivity contribution in [2.45, 2.75) is 0 Å². The second-order valence-electron chi connectivity index (χ2n) is 14.6. The Morgan fingerprint density at radius 3 is 1.75 bits per heavy atom. The normalized spacial score (nSPS) is 11.7. The maximum absolute atomic E-state index is 5.25. The molecule has 8 aromatic carbocycles. The molecular weight excluding hydrogens is 759 g/mol. The summed E-state index contributed by atoms with van der Waals surface area (Å²) in [5, 5.41) is 4.86. The molecule has 0 spiro atoms. The lowest BCUT2D eigenvalue weighted by Crippen LogP contribution is -2.00. The maximum Gasteiger partial charge on any atom is 0.164 e. The topological polar surface area (TPSA) is 56.5 Å². The van der Waals surface area contributed by atoms with Crippen molar-refractivity contribution in [1.82, 2.24) is 24.5 Å². The third-order valence-electron chi connectivity index (χ3n) is 11.1. The van der Waals surface area contributed by atoms with Gasteiger partial charge in [0.25, 0.3) is 0 Å². The Bertz CT molecular complexity index is 3550. The van der Waals surface area contributed by atoms with Crippen LogP contribution in [0.3, 0.4) is 0 Å². The SMILES string of the molecule is c1ccc(-c2nc(-c3ccc(-c4cccc5c4sc4ccccc45)cc3)nc(-c3cccc4sc5c(-c6nc7ccccc7n6-c6ccccc6)cccc5c34)n2)cc1. The van der Waals surface area contributed by atoms with Crippen LogP contribution in [0.15, 0.2) is 188 Å². The first-order valence-electron chi connectivity index (χ1n) is 19.6. The van der Waals surface area contributed by atoms with E-state index in [2.05, 4.69) is 174 Å². The smallest absolute Gasteiger partial charge is 0.164 e. The van der Waals surface area contributed by atoms with Gasteiger partial charge in [0.05, 0.1) is 11.0 Å². The molecule has 4 aromatic heterocycles. The molecule has 276 valence electrons. The minimum absolute atomic E-state index is 0.634. The molecule has 0 fully saturated rings. The molecule has 0 saturated carbocycles. The predicted octanol–water partition coefficient (Wildman–Crippen LogP) is 14.3. The van der Waals surface area contributed by atoms with Crippen LogP contribution in [-0.2, 0) is 0 Å². The summed E-state index contributed by atoms with van der Waals surface area (Å²) in [6.45, 7) is 0. The van der Waals surface area contributed by atoms with Gasteiger partial charge in [-0.3, -0.25) is 4.57 Å². The zero-order chi connectivity index (χ0) is 38.9. The summed E-state index contributed by atoms with van der Waals surface area (Å²) >= 11 is 3.63. The Labute approximate surface area is 347 Å². The van der Waals surface area contributed by atoms with Gasteiger partial charge >= 0.3 is 0 Å². The Kier molecular flexibility index (Phi) is 7.82. The monoisotopic (exact) mass is 789 g/mol. The van der Waals surface area contributed by atoms with Crippen LogP contribution in [0.5, 0.6) is 0 Å². The van der Waals surface area contributed by atoms with Gasteiger partial charge in [-0.05, 0) is 53.6 Å². The number of para-hydroxylation sites is 3. The average molecular weight is 790 g/mol. The van der Waals surface area contributed by atoms with E-state index in [9.17, 15) is 0 Å². The highest BCUT2D eigenvalue weighted by molar-refractivity contribution is 7.26. The van der Waals surface area contributed by atoms with E-state index >= 15 is 0 Å². The van der Waals surface area contributed by atoms with Crippen LogP contribution in [0.4, 0.5) is 0 Å². The summed E-state index contributed by atoms with van der Waals surface area (Å²) in [7, 11) is 0. The molecule has 0 aliphatic carbocycles. The van der Waals surface area contributed by atoms with Crippen LogP contribution in [0, 0.1) is 0 Å². The van der Waals surface area contributed by atoms with Gasteiger partial charge in [0.1, 0.15) is 5.82 Å². The van der Waals surface area contributed by atoms with Gasteiger partial charge in [0, 0.05) is 68.3 Å². The highest BCUT2D eigenvalue weighted by Gasteiger charge is 2.22. The number of aromatic nitrogens is 5. The first-order chi connectivity index (χ1) is 29.2. The number of benzene rings is 8. The van der Waals surface area contributed by atoms with Crippen molar-refractivity contribution >= 4 is 74.1 Å². The van der Waals surface area contributed by atoms with Gasteiger partial charge in [-0.1, -0.05) is 146 Å². The van der Waals surface area contributed by atoms with E-state index < -0.39 is 0 Å². The van der Waals surface area contributed by atoms with E-state index in [0.29, 0.717) is 17.5 Å². The van der Waals surface area contributed by atoms with Crippen LogP contribution in [0.25, 0.3) is 114 Å². The lowest BCUT2D eigenvalue weighted by molar-refractivity contribution is 1.08. The molecule has 0 atom stereocenters. The van der Waals surface area contributed by atoms with E-state index in [1.54, 1.807) is 11.3 Å². The minimum Gasteiger partial charge on any atom is -0.292 e. The third-order valence-corrected chi connectivity index (χ3v) is 13.5. The highest BCUT2D eigenvalue weighted by atomic mass is 32.1. The Balaban J connectivity index is 1.02. The Morgan fingerprint density at radius 1 is 0.356 bits per heavy atom. The molecule has 0 unspecified atom stereocenters. The third kappa shape index (κ3) is 5.58. The largest absolute Gasteiger partial charge is 0.292 e. The fraction of sp³-hybridized carbons (Fsp3) is 0. The van der Waals surface area contributed by atoms with Gasteiger partial charge < -0.3 is 0 Å². The second kappa shape index (κ2) is 13.7. The molecule has 7 heteroatoms. The molecule has 0 amide bonds. The summed E-state index contributed by atoms with van der Waals surface area (Å²) in [5.74, 6) is 2.82. The molecule has 0 bridgehead atoms. The average Bonchev–Trinajstić information content (AvgIpc) is 4.01. The summed E-state index contributed by atoms with van der Waals surface area (Å²) in [4.78, 5) is 20.8. The van der Waals surface area contributed by atoms with Crippen molar-refractivity contribution in [3.63, 3.8) is 0 Å². The van der Waals surface area contributed by atoms with E-state index in [-0.39, 0.29) is 0 Å². The fourth-order valence-electron chi connectivity index (χ4n) is 8.37. The summed E-state index contributed by atoms with van der Waals surface area (Å²) in [6, 6.07) is 66.0. The molecule has 0 N–H and O–H groups in total. The van der Waals surface area contributed by atoms with E-state index in [0.717, 1.165) is 65.8 Å². The first-order valence-corrected chi connectivity index (χ1v) is 21.2. The zero-order valence-electron chi connectivity index (χ0n) is 31.5. The zero-order valence-corrected chi connectivity index (χ0v) is 33.1. The lowest BCUT2D eigenvalue weighted by atomic mass is 10.0. The molecular formula is C52H31N5S2. The Hall–Kier alpha value is -7.32. The number of nitrogens with zero attached hydrogens (tertiary/aromatic N) is 5. The number of hydrogen-bond donors (Lipinski definition) is 0. The van der Waals surface area contributed by atoms with Crippen LogP contribution in [-0.4, -0.2) is 24.5 Å². The Morgan fingerprint density at radius 2 is 0.915 bits per heavy atom. The molecule has 59 heavy (non-hydrogen) atoms. The number of hydrogen-bond acceptors (Lipinski definition) is 6. The van der Waals surface area contributed by atoms with Gasteiger partial charge in [-0.25, -0.2) is 19.9 Å². The van der Waals surface area contributed by atoms with Gasteiger partial charge in [0.15, 0.2) is 17.5 Å². The second-order valence-corrected chi connectivity index (χ2v) is 16.7. The van der Waals surface area contributed by atoms with Crippen molar-refractivity contribution in [2.75, 3.05) is 0 Å². The van der Waals surface area contributed by atoms with Crippen molar-refractivity contribution in [3.05, 3.63) is 188 Å². The van der Waals surface area contributed by atoms with Gasteiger partial charge in [-0.15, -0.1) is 22.7 Å². The predicted molar refractivity (Wildman–Crippen MR) is 247 cm³/mol. The highest BCUT2D eigenvalue weighted by Crippen LogP contribution is 2.45. The van der Waals surface area contributed by atoms with Crippen LogP contribution >= 0.6 is 22.7 Å². The first kappa shape index (κ1) is 33.8. The van der Waals surface area contributed by atoms with Crippen molar-refractivity contribution in [2.24, 2.45) is 0 Å². The van der Waals surface area contributed by atoms with Crippen molar-refractivity contribution < 1.29 is 0 Å². The molecule has 4 heterocycles. The van der Waals surface area contributed by atoms with E-state index in [1.807, 2.05) is 29.5 Å². The van der Waals surface area contributed by atoms with Crippen LogP contribution in [0.2, 0.25) is 0 Å². The number of rotatable bonds is 6. The summed E-state index contributed by atoms with van der Waals surface area (Å²) < 4.78 is 7.20. The molecule has 12 rings (SSSR count).